The van der Waals surface area contributed by atoms with E-state index in [1.165, 1.54) is 11.3 Å². The summed E-state index contributed by atoms with van der Waals surface area (Å²) in [6, 6.07) is 2.75. The van der Waals surface area contributed by atoms with E-state index in [1.54, 1.807) is 4.90 Å². The molecule has 1 aliphatic carbocycles. The number of imide groups is 1. The predicted octanol–water partition coefficient (Wildman–Crippen LogP) is 1.79. The number of carbonyl (C=O) groups excluding carboxylic acids is 2. The fourth-order valence-electron chi connectivity index (χ4n) is 3.98. The van der Waals surface area contributed by atoms with Crippen LogP contribution in [0.3, 0.4) is 0 Å². The van der Waals surface area contributed by atoms with Gasteiger partial charge in [0.05, 0.1) is 13.1 Å². The number of carbonyl (C=O) groups is 3. The van der Waals surface area contributed by atoms with Crippen LogP contribution in [0.2, 0.25) is 0 Å². The summed E-state index contributed by atoms with van der Waals surface area (Å²) in [6.45, 7) is 0.313. The van der Waals surface area contributed by atoms with Gasteiger partial charge in [0.15, 0.2) is 0 Å². The number of aliphatic carboxylic acids is 1. The molecule has 136 valence electrons. The topological polar surface area (TPSA) is 98.7 Å². The van der Waals surface area contributed by atoms with Crippen molar-refractivity contribution in [2.24, 2.45) is 5.92 Å². The maximum atomic E-state index is 12.2. The number of hydrogen-bond acceptors (Lipinski definition) is 5. The van der Waals surface area contributed by atoms with Crippen molar-refractivity contribution in [3.63, 3.8) is 0 Å². The fraction of sp³-hybridized carbons (Fsp3) is 0.588. The number of urea groups is 1. The van der Waals surface area contributed by atoms with Crippen LogP contribution >= 0.6 is 11.3 Å². The number of amides is 3. The molecule has 3 amide bonds. The lowest BCUT2D eigenvalue weighted by Gasteiger charge is -2.32. The van der Waals surface area contributed by atoms with Gasteiger partial charge in [-0.1, -0.05) is 18.9 Å². The molecule has 0 bridgehead atoms. The van der Waals surface area contributed by atoms with Crippen LogP contribution in [-0.4, -0.2) is 46.5 Å². The molecule has 1 aliphatic heterocycles. The van der Waals surface area contributed by atoms with Crippen molar-refractivity contribution >= 4 is 29.2 Å². The minimum atomic E-state index is -0.885. The molecule has 3 unspecified atom stereocenters. The van der Waals surface area contributed by atoms with Gasteiger partial charge in [0, 0.05) is 10.9 Å². The molecular weight excluding hydrogens is 342 g/mol. The molecule has 1 saturated heterocycles. The first kappa shape index (κ1) is 17.9. The zero-order chi connectivity index (χ0) is 17.8. The Morgan fingerprint density at radius 2 is 2.08 bits per heavy atom. The third-order valence-corrected chi connectivity index (χ3v) is 5.97. The number of hydrogen-bond donors (Lipinski definition) is 3. The number of carboxylic acids is 1. The first-order valence-corrected chi connectivity index (χ1v) is 9.51. The molecule has 1 aromatic heterocycles. The van der Waals surface area contributed by atoms with Gasteiger partial charge in [0.2, 0.25) is 5.91 Å². The summed E-state index contributed by atoms with van der Waals surface area (Å²) in [4.78, 5) is 38.4. The van der Waals surface area contributed by atoms with Gasteiger partial charge in [-0.15, -0.1) is 11.3 Å². The van der Waals surface area contributed by atoms with E-state index in [1.807, 2.05) is 17.5 Å². The van der Waals surface area contributed by atoms with E-state index >= 15 is 0 Å². The van der Waals surface area contributed by atoms with Crippen molar-refractivity contribution in [3.8, 4) is 0 Å². The predicted molar refractivity (Wildman–Crippen MR) is 93.2 cm³/mol. The number of fused-ring (bicyclic) bond motifs is 1. The van der Waals surface area contributed by atoms with E-state index in [0.717, 1.165) is 30.6 Å². The normalized spacial score (nSPS) is 26.0. The molecule has 8 heteroatoms. The van der Waals surface area contributed by atoms with Crippen LogP contribution in [0.15, 0.2) is 17.5 Å². The van der Waals surface area contributed by atoms with Crippen LogP contribution in [0, 0.1) is 5.92 Å². The Kier molecular flexibility index (Phi) is 5.70. The van der Waals surface area contributed by atoms with Crippen LogP contribution in [0.1, 0.15) is 37.0 Å². The third-order valence-electron chi connectivity index (χ3n) is 5.09. The van der Waals surface area contributed by atoms with Crippen LogP contribution in [0.5, 0.6) is 0 Å². The molecule has 25 heavy (non-hydrogen) atoms. The van der Waals surface area contributed by atoms with Gasteiger partial charge in [0.1, 0.15) is 6.04 Å². The zero-order valence-electron chi connectivity index (χ0n) is 13.9. The molecular formula is C17H23N3O4S. The average Bonchev–Trinajstić information content (AvgIpc) is 3.21. The second-order valence-corrected chi connectivity index (χ2v) is 7.72. The molecule has 2 fully saturated rings. The Morgan fingerprint density at radius 1 is 1.28 bits per heavy atom. The summed E-state index contributed by atoms with van der Waals surface area (Å²) >= 11 is 1.52. The summed E-state index contributed by atoms with van der Waals surface area (Å²) in [5, 5.41) is 16.3. The van der Waals surface area contributed by atoms with Crippen LogP contribution in [0.25, 0.3) is 0 Å². The Balaban J connectivity index is 1.53. The molecule has 3 N–H and O–H groups in total. The first-order valence-electron chi connectivity index (χ1n) is 8.63. The summed E-state index contributed by atoms with van der Waals surface area (Å²) in [5.41, 5.74) is 0. The molecule has 0 aromatic carbocycles. The summed E-state index contributed by atoms with van der Waals surface area (Å²) < 4.78 is 0. The van der Waals surface area contributed by atoms with Crippen molar-refractivity contribution in [3.05, 3.63) is 22.4 Å². The number of nitrogens with one attached hydrogen (secondary N) is 2. The van der Waals surface area contributed by atoms with Gasteiger partial charge < -0.3 is 10.4 Å². The van der Waals surface area contributed by atoms with Gasteiger partial charge in [0.25, 0.3) is 0 Å². The second kappa shape index (κ2) is 7.97. The van der Waals surface area contributed by atoms with E-state index < -0.39 is 23.9 Å². The molecule has 7 nitrogen and oxygen atoms in total. The smallest absolute Gasteiger partial charge is 0.321 e. The lowest BCUT2D eigenvalue weighted by Crippen LogP contribution is -2.50. The monoisotopic (exact) mass is 365 g/mol. The first-order chi connectivity index (χ1) is 12.0. The highest BCUT2D eigenvalue weighted by Gasteiger charge is 2.45. The maximum absolute atomic E-state index is 12.2. The van der Waals surface area contributed by atoms with Crippen molar-refractivity contribution in [2.75, 3.05) is 6.54 Å². The van der Waals surface area contributed by atoms with Gasteiger partial charge in [-0.3, -0.25) is 19.8 Å². The second-order valence-electron chi connectivity index (χ2n) is 6.68. The van der Waals surface area contributed by atoms with Gasteiger partial charge in [-0.25, -0.2) is 4.79 Å². The van der Waals surface area contributed by atoms with E-state index in [4.69, 9.17) is 0 Å². The van der Waals surface area contributed by atoms with Crippen molar-refractivity contribution < 1.29 is 19.5 Å². The van der Waals surface area contributed by atoms with Gasteiger partial charge in [-0.2, -0.15) is 0 Å². The zero-order valence-corrected chi connectivity index (χ0v) is 14.8. The summed E-state index contributed by atoms with van der Waals surface area (Å²) in [5.74, 6) is -0.999. The SMILES string of the molecule is O=C(CN1C(C(=O)O)CC2CCCCC21)NC(=O)NCc1cccs1. The molecule has 3 atom stereocenters. The molecule has 0 spiro atoms. The number of nitrogens with zero attached hydrogens (tertiary/aromatic N) is 1. The minimum Gasteiger partial charge on any atom is -0.480 e. The van der Waals surface area contributed by atoms with E-state index in [0.29, 0.717) is 18.9 Å². The third kappa shape index (κ3) is 4.38. The highest BCUT2D eigenvalue weighted by molar-refractivity contribution is 7.09. The van der Waals surface area contributed by atoms with Crippen LogP contribution < -0.4 is 10.6 Å². The summed E-state index contributed by atoms with van der Waals surface area (Å²) in [6.07, 6.45) is 4.73. The van der Waals surface area contributed by atoms with Gasteiger partial charge >= 0.3 is 12.0 Å². The number of thiophene rings is 1. The standard InChI is InChI=1S/C17H23N3O4S/c21-15(19-17(24)18-9-12-5-3-7-25-12)10-20-13-6-2-1-4-11(13)8-14(20)16(22)23/h3,5,7,11,13-14H,1-2,4,6,8-10H2,(H,22,23)(H2,18,19,21,24). The Hall–Kier alpha value is -1.93. The van der Waals surface area contributed by atoms with E-state index in [9.17, 15) is 19.5 Å². The van der Waals surface area contributed by atoms with Crippen molar-refractivity contribution in [2.45, 2.75) is 50.7 Å². The number of rotatable bonds is 5. The minimum absolute atomic E-state index is 0.0510. The van der Waals surface area contributed by atoms with E-state index in [2.05, 4.69) is 10.6 Å². The lowest BCUT2D eigenvalue weighted by atomic mass is 9.85. The van der Waals surface area contributed by atoms with Gasteiger partial charge in [-0.05, 0) is 36.6 Å². The molecule has 0 radical (unpaired) electrons. The largest absolute Gasteiger partial charge is 0.480 e. The van der Waals surface area contributed by atoms with Crippen molar-refractivity contribution in [1.29, 1.82) is 0 Å². The Bertz CT molecular complexity index is 634. The maximum Gasteiger partial charge on any atom is 0.321 e. The number of likely N-dealkylation sites (tertiary alicyclic amines) is 1. The molecule has 1 aromatic rings. The quantitative estimate of drug-likeness (QED) is 0.739. The fourth-order valence-corrected chi connectivity index (χ4v) is 4.62. The molecule has 1 saturated carbocycles. The van der Waals surface area contributed by atoms with E-state index in [-0.39, 0.29) is 12.6 Å². The Morgan fingerprint density at radius 3 is 2.80 bits per heavy atom. The summed E-state index contributed by atoms with van der Waals surface area (Å²) in [7, 11) is 0. The molecule has 2 aliphatic rings. The highest BCUT2D eigenvalue weighted by atomic mass is 32.1. The number of carboxylic acid groups (broad SMARTS) is 1. The average molecular weight is 365 g/mol. The highest BCUT2D eigenvalue weighted by Crippen LogP contribution is 2.39. The van der Waals surface area contributed by atoms with Crippen molar-refractivity contribution in [1.82, 2.24) is 15.5 Å². The molecule has 2 heterocycles. The van der Waals surface area contributed by atoms with Crippen LogP contribution in [-0.2, 0) is 16.1 Å². The Labute approximate surface area is 150 Å². The lowest BCUT2D eigenvalue weighted by molar-refractivity contribution is -0.143. The van der Waals surface area contributed by atoms with Crippen LogP contribution in [0.4, 0.5) is 4.79 Å². The molecule has 3 rings (SSSR count).